The predicted molar refractivity (Wildman–Crippen MR) is 92.3 cm³/mol. The minimum absolute atomic E-state index is 0.136. The van der Waals surface area contributed by atoms with E-state index in [1.54, 1.807) is 6.26 Å². The van der Waals surface area contributed by atoms with Crippen LogP contribution in [0.3, 0.4) is 0 Å². The third kappa shape index (κ3) is 3.40. The Bertz CT molecular complexity index is 779. The summed E-state index contributed by atoms with van der Waals surface area (Å²) in [6.07, 6.45) is 3.52. The van der Waals surface area contributed by atoms with Crippen molar-refractivity contribution in [3.8, 4) is 0 Å². The van der Waals surface area contributed by atoms with Gasteiger partial charge in [0.25, 0.3) is 5.91 Å². The minimum Gasteiger partial charge on any atom is -0.467 e. The Morgan fingerprint density at radius 3 is 2.70 bits per heavy atom. The molecule has 1 N–H and O–H groups in total. The molecule has 0 fully saturated rings. The lowest BCUT2D eigenvalue weighted by molar-refractivity contribution is 0.0929. The first kappa shape index (κ1) is 15.6. The first-order valence-electron chi connectivity index (χ1n) is 7.44. The van der Waals surface area contributed by atoms with Crippen LogP contribution < -0.4 is 5.32 Å². The van der Waals surface area contributed by atoms with Gasteiger partial charge in [-0.25, -0.2) is 0 Å². The summed E-state index contributed by atoms with van der Waals surface area (Å²) in [5.41, 5.74) is 1.59. The number of nitrogens with one attached hydrogen (secondary N) is 1. The van der Waals surface area contributed by atoms with Crippen molar-refractivity contribution in [3.05, 3.63) is 82.5 Å². The Labute approximate surface area is 143 Å². The van der Waals surface area contributed by atoms with Crippen molar-refractivity contribution in [2.24, 2.45) is 0 Å². The fourth-order valence-electron chi connectivity index (χ4n) is 2.55. The van der Waals surface area contributed by atoms with Crippen LogP contribution in [0.15, 0.2) is 69.9 Å². The average molecular weight is 373 g/mol. The highest BCUT2D eigenvalue weighted by Gasteiger charge is 2.21. The Morgan fingerprint density at radius 1 is 1.26 bits per heavy atom. The molecule has 0 saturated carbocycles. The SMILES string of the molecule is CCn1cc(Br)cc1C(=O)NC(c1ccccc1)c1ccco1. The van der Waals surface area contributed by atoms with Crippen LogP contribution in [0.5, 0.6) is 0 Å². The maximum Gasteiger partial charge on any atom is 0.268 e. The van der Waals surface area contributed by atoms with Crippen LogP contribution in [0.2, 0.25) is 0 Å². The zero-order valence-corrected chi connectivity index (χ0v) is 14.3. The van der Waals surface area contributed by atoms with E-state index in [1.165, 1.54) is 0 Å². The van der Waals surface area contributed by atoms with Crippen LogP contribution in [-0.4, -0.2) is 10.5 Å². The molecule has 3 aromatic rings. The summed E-state index contributed by atoms with van der Waals surface area (Å²) in [6.45, 7) is 2.73. The Hall–Kier alpha value is -2.27. The quantitative estimate of drug-likeness (QED) is 0.722. The minimum atomic E-state index is -0.322. The van der Waals surface area contributed by atoms with Crippen LogP contribution in [0.1, 0.15) is 34.8 Å². The lowest BCUT2D eigenvalue weighted by Gasteiger charge is -2.17. The van der Waals surface area contributed by atoms with Gasteiger partial charge in [-0.3, -0.25) is 4.79 Å². The van der Waals surface area contributed by atoms with Crippen molar-refractivity contribution in [1.82, 2.24) is 9.88 Å². The summed E-state index contributed by atoms with van der Waals surface area (Å²) >= 11 is 3.42. The smallest absolute Gasteiger partial charge is 0.268 e. The van der Waals surface area contributed by atoms with E-state index in [0.717, 1.165) is 16.6 Å². The molecule has 2 aromatic heterocycles. The number of nitrogens with zero attached hydrogens (tertiary/aromatic N) is 1. The molecule has 3 rings (SSSR count). The number of aryl methyl sites for hydroxylation is 1. The summed E-state index contributed by atoms with van der Waals surface area (Å²) in [4.78, 5) is 12.7. The van der Waals surface area contributed by atoms with Crippen LogP contribution in [0.4, 0.5) is 0 Å². The van der Waals surface area contributed by atoms with Gasteiger partial charge in [0.1, 0.15) is 17.5 Å². The van der Waals surface area contributed by atoms with Gasteiger partial charge in [-0.15, -0.1) is 0 Å². The zero-order chi connectivity index (χ0) is 16.2. The second-order valence-electron chi connectivity index (χ2n) is 5.16. The van der Waals surface area contributed by atoms with Crippen LogP contribution in [0, 0.1) is 0 Å². The lowest BCUT2D eigenvalue weighted by Crippen LogP contribution is -2.30. The van der Waals surface area contributed by atoms with Crippen molar-refractivity contribution in [2.75, 3.05) is 0 Å². The molecule has 1 amide bonds. The molecule has 1 aromatic carbocycles. The van der Waals surface area contributed by atoms with Crippen molar-refractivity contribution in [2.45, 2.75) is 19.5 Å². The molecular weight excluding hydrogens is 356 g/mol. The zero-order valence-electron chi connectivity index (χ0n) is 12.7. The number of carbonyl (C=O) groups is 1. The number of benzene rings is 1. The highest BCUT2D eigenvalue weighted by Crippen LogP contribution is 2.23. The van der Waals surface area contributed by atoms with Crippen molar-refractivity contribution < 1.29 is 9.21 Å². The number of aromatic nitrogens is 1. The van der Waals surface area contributed by atoms with Crippen molar-refractivity contribution >= 4 is 21.8 Å². The fourth-order valence-corrected chi connectivity index (χ4v) is 3.02. The molecule has 4 nitrogen and oxygen atoms in total. The van der Waals surface area contributed by atoms with Gasteiger partial charge in [0.2, 0.25) is 0 Å². The van der Waals surface area contributed by atoms with E-state index in [1.807, 2.05) is 66.2 Å². The number of hydrogen-bond donors (Lipinski definition) is 1. The molecule has 2 heterocycles. The molecule has 0 bridgehead atoms. The summed E-state index contributed by atoms with van der Waals surface area (Å²) in [5.74, 6) is 0.570. The molecule has 0 spiro atoms. The number of hydrogen-bond acceptors (Lipinski definition) is 2. The number of furan rings is 1. The van der Waals surface area contributed by atoms with E-state index in [9.17, 15) is 4.79 Å². The van der Waals surface area contributed by atoms with Crippen LogP contribution in [-0.2, 0) is 6.54 Å². The summed E-state index contributed by atoms with van der Waals surface area (Å²) in [5, 5.41) is 3.07. The molecule has 0 aliphatic carbocycles. The molecule has 1 unspecified atom stereocenters. The molecule has 0 saturated heterocycles. The van der Waals surface area contributed by atoms with Gasteiger partial charge in [0, 0.05) is 17.2 Å². The van der Waals surface area contributed by atoms with Crippen LogP contribution >= 0.6 is 15.9 Å². The number of amides is 1. The fraction of sp³-hybridized carbons (Fsp3) is 0.167. The van der Waals surface area contributed by atoms with E-state index >= 15 is 0 Å². The predicted octanol–water partition coefficient (Wildman–Crippen LogP) is 4.38. The second-order valence-corrected chi connectivity index (χ2v) is 6.08. The highest BCUT2D eigenvalue weighted by atomic mass is 79.9. The van der Waals surface area contributed by atoms with E-state index in [0.29, 0.717) is 11.5 Å². The highest BCUT2D eigenvalue weighted by molar-refractivity contribution is 9.10. The second kappa shape index (κ2) is 6.87. The molecule has 118 valence electrons. The first-order valence-corrected chi connectivity index (χ1v) is 8.23. The van der Waals surface area contributed by atoms with E-state index in [2.05, 4.69) is 21.2 Å². The number of carbonyl (C=O) groups excluding carboxylic acids is 1. The molecule has 0 aliphatic rings. The number of halogens is 1. The van der Waals surface area contributed by atoms with E-state index in [-0.39, 0.29) is 11.9 Å². The average Bonchev–Trinajstić information content (AvgIpc) is 3.22. The molecule has 23 heavy (non-hydrogen) atoms. The number of rotatable bonds is 5. The first-order chi connectivity index (χ1) is 11.2. The monoisotopic (exact) mass is 372 g/mol. The topological polar surface area (TPSA) is 47.2 Å². The van der Waals surface area contributed by atoms with E-state index in [4.69, 9.17) is 4.42 Å². The third-order valence-electron chi connectivity index (χ3n) is 3.67. The van der Waals surface area contributed by atoms with Crippen LogP contribution in [0.25, 0.3) is 0 Å². The Morgan fingerprint density at radius 2 is 2.04 bits per heavy atom. The van der Waals surface area contributed by atoms with Crippen molar-refractivity contribution in [1.29, 1.82) is 0 Å². The maximum absolute atomic E-state index is 12.7. The molecule has 0 radical (unpaired) electrons. The van der Waals surface area contributed by atoms with Gasteiger partial charge in [-0.1, -0.05) is 30.3 Å². The standard InChI is InChI=1S/C18H17BrN2O2/c1-2-21-12-14(19)11-15(21)18(22)20-17(16-9-6-10-23-16)13-7-4-3-5-8-13/h3-12,17H,2H2,1H3,(H,20,22). The Balaban J connectivity index is 1.91. The molecule has 1 atom stereocenters. The lowest BCUT2D eigenvalue weighted by atomic mass is 10.0. The largest absolute Gasteiger partial charge is 0.467 e. The van der Waals surface area contributed by atoms with Gasteiger partial charge in [0.05, 0.1) is 6.26 Å². The van der Waals surface area contributed by atoms with Gasteiger partial charge < -0.3 is 14.3 Å². The summed E-state index contributed by atoms with van der Waals surface area (Å²) in [7, 11) is 0. The molecule has 5 heteroatoms. The van der Waals surface area contributed by atoms with Gasteiger partial charge >= 0.3 is 0 Å². The normalized spacial score (nSPS) is 12.1. The third-order valence-corrected chi connectivity index (χ3v) is 4.11. The van der Waals surface area contributed by atoms with Gasteiger partial charge in [-0.2, -0.15) is 0 Å². The Kier molecular flexibility index (Phi) is 4.67. The van der Waals surface area contributed by atoms with Gasteiger partial charge in [0.15, 0.2) is 0 Å². The maximum atomic E-state index is 12.7. The summed E-state index contributed by atoms with van der Waals surface area (Å²) in [6, 6.07) is 15.0. The summed E-state index contributed by atoms with van der Waals surface area (Å²) < 4.78 is 8.31. The van der Waals surface area contributed by atoms with Crippen molar-refractivity contribution in [3.63, 3.8) is 0 Å². The molecule has 0 aliphatic heterocycles. The van der Waals surface area contributed by atoms with E-state index < -0.39 is 0 Å². The molecular formula is C18H17BrN2O2. The van der Waals surface area contributed by atoms with Gasteiger partial charge in [-0.05, 0) is 46.6 Å².